The molecule has 0 bridgehead atoms. The lowest BCUT2D eigenvalue weighted by molar-refractivity contribution is 0.133. The van der Waals surface area contributed by atoms with Crippen LogP contribution in [0.5, 0.6) is 5.75 Å². The van der Waals surface area contributed by atoms with Crippen molar-refractivity contribution in [2.45, 2.75) is 19.9 Å². The predicted molar refractivity (Wildman–Crippen MR) is 73.4 cm³/mol. The zero-order valence-corrected chi connectivity index (χ0v) is 10.7. The number of aliphatic hydroxyl groups excluding tert-OH is 1. The number of aliphatic hydroxyl groups is 1. The smallest absolute Gasteiger partial charge is 0.123 e. The molecule has 0 amide bonds. The van der Waals surface area contributed by atoms with Gasteiger partial charge in [-0.2, -0.15) is 0 Å². The Labute approximate surface area is 107 Å². The van der Waals surface area contributed by atoms with Gasteiger partial charge in [-0.05, 0) is 17.0 Å². The second-order valence-electron chi connectivity index (χ2n) is 5.34. The Hall–Kier alpha value is -1.58. The van der Waals surface area contributed by atoms with E-state index >= 15 is 0 Å². The van der Waals surface area contributed by atoms with E-state index in [0.717, 1.165) is 16.3 Å². The number of rotatable bonds is 3. The third kappa shape index (κ3) is 2.07. The lowest BCUT2D eigenvalue weighted by Gasteiger charge is -2.30. The summed E-state index contributed by atoms with van der Waals surface area (Å²) in [6.45, 7) is 3.88. The first kappa shape index (κ1) is 12.9. The molecule has 4 N–H and O–H groups in total. The molecule has 2 rings (SSSR count). The monoisotopic (exact) mass is 245 g/mol. The van der Waals surface area contributed by atoms with Crippen LogP contribution in [0.2, 0.25) is 0 Å². The van der Waals surface area contributed by atoms with Gasteiger partial charge >= 0.3 is 0 Å². The molecular formula is C15H19NO2. The van der Waals surface area contributed by atoms with Crippen LogP contribution in [-0.4, -0.2) is 16.8 Å². The number of phenolic OH excluding ortho intramolecular Hbond substituents is 1. The molecule has 0 aliphatic rings. The third-order valence-corrected chi connectivity index (χ3v) is 3.52. The van der Waals surface area contributed by atoms with Crippen LogP contribution in [0.15, 0.2) is 36.4 Å². The SMILES string of the molecule is CC(C)(CO)[C@@H](N)c1ccc(O)c2ccccc12. The van der Waals surface area contributed by atoms with Crippen molar-refractivity contribution in [1.29, 1.82) is 0 Å². The summed E-state index contributed by atoms with van der Waals surface area (Å²) in [6.07, 6.45) is 0. The van der Waals surface area contributed by atoms with E-state index in [2.05, 4.69) is 0 Å². The summed E-state index contributed by atoms with van der Waals surface area (Å²) in [7, 11) is 0. The largest absolute Gasteiger partial charge is 0.507 e. The first-order chi connectivity index (χ1) is 8.47. The molecule has 0 saturated heterocycles. The number of aromatic hydroxyl groups is 1. The van der Waals surface area contributed by atoms with E-state index in [4.69, 9.17) is 5.73 Å². The average Bonchev–Trinajstić information content (AvgIpc) is 2.39. The molecule has 3 nitrogen and oxygen atoms in total. The molecule has 0 radical (unpaired) electrons. The first-order valence-electron chi connectivity index (χ1n) is 6.04. The lowest BCUT2D eigenvalue weighted by atomic mass is 9.80. The fourth-order valence-corrected chi connectivity index (χ4v) is 2.10. The predicted octanol–water partition coefficient (Wildman–Crippen LogP) is 2.56. The maximum Gasteiger partial charge on any atom is 0.123 e. The highest BCUT2D eigenvalue weighted by Crippen LogP contribution is 2.37. The maximum atomic E-state index is 9.85. The summed E-state index contributed by atoms with van der Waals surface area (Å²) in [5, 5.41) is 21.0. The van der Waals surface area contributed by atoms with Gasteiger partial charge in [-0.15, -0.1) is 0 Å². The van der Waals surface area contributed by atoms with Crippen molar-refractivity contribution >= 4 is 10.8 Å². The van der Waals surface area contributed by atoms with Crippen LogP contribution in [0.1, 0.15) is 25.5 Å². The Morgan fingerprint density at radius 3 is 2.33 bits per heavy atom. The standard InChI is InChI=1S/C15H19NO2/c1-15(2,9-17)14(16)12-7-8-13(18)11-6-4-3-5-10(11)12/h3-8,14,17-18H,9,16H2,1-2H3/t14-/m0/s1. The molecule has 0 aliphatic heterocycles. The summed E-state index contributed by atoms with van der Waals surface area (Å²) in [5.41, 5.74) is 6.80. The number of fused-ring (bicyclic) bond motifs is 1. The van der Waals surface area contributed by atoms with E-state index in [-0.39, 0.29) is 18.4 Å². The van der Waals surface area contributed by atoms with Crippen LogP contribution in [0.25, 0.3) is 10.8 Å². The van der Waals surface area contributed by atoms with Crippen LogP contribution >= 0.6 is 0 Å². The van der Waals surface area contributed by atoms with Crippen LogP contribution in [-0.2, 0) is 0 Å². The van der Waals surface area contributed by atoms with Crippen LogP contribution in [0.3, 0.4) is 0 Å². The Bertz CT molecular complexity index is 563. The van der Waals surface area contributed by atoms with E-state index < -0.39 is 5.41 Å². The Kier molecular flexibility index (Phi) is 3.28. The fourth-order valence-electron chi connectivity index (χ4n) is 2.10. The number of phenols is 1. The van der Waals surface area contributed by atoms with Gasteiger partial charge in [0.05, 0.1) is 0 Å². The minimum atomic E-state index is -0.403. The van der Waals surface area contributed by atoms with Gasteiger partial charge in [-0.25, -0.2) is 0 Å². The Morgan fingerprint density at radius 1 is 1.11 bits per heavy atom. The molecule has 0 saturated carbocycles. The summed E-state index contributed by atoms with van der Waals surface area (Å²) in [5.74, 6) is 0.253. The molecule has 3 heteroatoms. The second kappa shape index (κ2) is 4.59. The van der Waals surface area contributed by atoms with Gasteiger partial charge in [0.1, 0.15) is 5.75 Å². The molecular weight excluding hydrogens is 226 g/mol. The van der Waals surface area contributed by atoms with Crippen LogP contribution in [0.4, 0.5) is 0 Å². The van der Waals surface area contributed by atoms with Gasteiger partial charge in [0.25, 0.3) is 0 Å². The molecule has 1 atom stereocenters. The van der Waals surface area contributed by atoms with Crippen molar-refractivity contribution in [2.75, 3.05) is 6.61 Å². The van der Waals surface area contributed by atoms with Crippen LogP contribution in [0, 0.1) is 5.41 Å². The summed E-state index contributed by atoms with van der Waals surface area (Å²) in [4.78, 5) is 0. The van der Waals surface area contributed by atoms with E-state index in [0.29, 0.717) is 0 Å². The molecule has 2 aromatic carbocycles. The maximum absolute atomic E-state index is 9.85. The summed E-state index contributed by atoms with van der Waals surface area (Å²) < 4.78 is 0. The highest BCUT2D eigenvalue weighted by atomic mass is 16.3. The van der Waals surface area contributed by atoms with Crippen molar-refractivity contribution < 1.29 is 10.2 Å². The van der Waals surface area contributed by atoms with Gasteiger partial charge in [-0.3, -0.25) is 0 Å². The minimum absolute atomic E-state index is 0.0172. The van der Waals surface area contributed by atoms with Crippen LogP contribution < -0.4 is 5.73 Å². The van der Waals surface area contributed by atoms with E-state index in [9.17, 15) is 10.2 Å². The summed E-state index contributed by atoms with van der Waals surface area (Å²) in [6, 6.07) is 10.8. The van der Waals surface area contributed by atoms with Gasteiger partial charge in [0, 0.05) is 23.4 Å². The summed E-state index contributed by atoms with van der Waals surface area (Å²) >= 11 is 0. The fraction of sp³-hybridized carbons (Fsp3) is 0.333. The van der Waals surface area contributed by atoms with Gasteiger partial charge < -0.3 is 15.9 Å². The minimum Gasteiger partial charge on any atom is -0.507 e. The highest BCUT2D eigenvalue weighted by Gasteiger charge is 2.28. The van der Waals surface area contributed by atoms with Crippen molar-refractivity contribution in [3.05, 3.63) is 42.0 Å². The zero-order valence-electron chi connectivity index (χ0n) is 10.7. The van der Waals surface area contributed by atoms with E-state index in [1.807, 2.05) is 44.2 Å². The number of hydrogen-bond acceptors (Lipinski definition) is 3. The quantitative estimate of drug-likeness (QED) is 0.778. The topological polar surface area (TPSA) is 66.5 Å². The Balaban J connectivity index is 2.62. The van der Waals surface area contributed by atoms with Crippen molar-refractivity contribution in [2.24, 2.45) is 11.1 Å². The first-order valence-corrected chi connectivity index (χ1v) is 6.04. The van der Waals surface area contributed by atoms with Gasteiger partial charge in [-0.1, -0.05) is 44.2 Å². The molecule has 2 aromatic rings. The molecule has 0 heterocycles. The molecule has 0 spiro atoms. The molecule has 0 aromatic heterocycles. The molecule has 0 aliphatic carbocycles. The van der Waals surface area contributed by atoms with Crippen molar-refractivity contribution in [3.8, 4) is 5.75 Å². The lowest BCUT2D eigenvalue weighted by Crippen LogP contribution is -2.32. The average molecular weight is 245 g/mol. The second-order valence-corrected chi connectivity index (χ2v) is 5.34. The van der Waals surface area contributed by atoms with Crippen molar-refractivity contribution in [3.63, 3.8) is 0 Å². The number of benzene rings is 2. The zero-order chi connectivity index (χ0) is 13.3. The normalized spacial score (nSPS) is 13.8. The molecule has 0 fully saturated rings. The molecule has 96 valence electrons. The third-order valence-electron chi connectivity index (χ3n) is 3.52. The molecule has 0 unspecified atom stereocenters. The molecule has 18 heavy (non-hydrogen) atoms. The van der Waals surface area contributed by atoms with E-state index in [1.54, 1.807) is 6.07 Å². The van der Waals surface area contributed by atoms with E-state index in [1.165, 1.54) is 0 Å². The van der Waals surface area contributed by atoms with Gasteiger partial charge in [0.2, 0.25) is 0 Å². The van der Waals surface area contributed by atoms with Crippen molar-refractivity contribution in [1.82, 2.24) is 0 Å². The Morgan fingerprint density at radius 2 is 1.72 bits per heavy atom. The number of nitrogens with two attached hydrogens (primary N) is 1. The number of hydrogen-bond donors (Lipinski definition) is 3. The highest BCUT2D eigenvalue weighted by molar-refractivity contribution is 5.91. The van der Waals surface area contributed by atoms with Gasteiger partial charge in [0.15, 0.2) is 0 Å².